The summed E-state index contributed by atoms with van der Waals surface area (Å²) >= 11 is 0. The largest absolute Gasteiger partial charge is 0.497 e. The van der Waals surface area contributed by atoms with Gasteiger partial charge in [-0.3, -0.25) is 4.79 Å². The minimum atomic E-state index is 0.195. The van der Waals surface area contributed by atoms with Crippen molar-refractivity contribution in [3.63, 3.8) is 0 Å². The van der Waals surface area contributed by atoms with E-state index in [9.17, 15) is 4.79 Å². The van der Waals surface area contributed by atoms with Gasteiger partial charge < -0.3 is 9.15 Å². The average molecular weight is 402 g/mol. The molecule has 30 heavy (non-hydrogen) atoms. The van der Waals surface area contributed by atoms with Crippen molar-refractivity contribution in [2.45, 2.75) is 32.6 Å². The highest BCUT2D eigenvalue weighted by Crippen LogP contribution is 2.31. The van der Waals surface area contributed by atoms with Crippen LogP contribution < -0.4 is 4.74 Å². The van der Waals surface area contributed by atoms with Gasteiger partial charge in [0.15, 0.2) is 23.1 Å². The van der Waals surface area contributed by atoms with Crippen molar-refractivity contribution in [3.8, 4) is 17.3 Å². The number of methoxy groups -OCH3 is 1. The van der Waals surface area contributed by atoms with Crippen LogP contribution in [-0.2, 0) is 17.6 Å². The zero-order valence-corrected chi connectivity index (χ0v) is 17.0. The molecule has 1 saturated carbocycles. The van der Waals surface area contributed by atoms with Gasteiger partial charge in [-0.1, -0.05) is 12.1 Å². The number of rotatable bonds is 7. The van der Waals surface area contributed by atoms with Gasteiger partial charge >= 0.3 is 0 Å². The zero-order chi connectivity index (χ0) is 20.7. The number of nitrogens with zero attached hydrogens (tertiary/aromatic N) is 4. The third-order valence-corrected chi connectivity index (χ3v) is 5.29. The third kappa shape index (κ3) is 3.70. The molecule has 0 bridgehead atoms. The Morgan fingerprint density at radius 2 is 1.97 bits per heavy atom. The van der Waals surface area contributed by atoms with Gasteiger partial charge in [0, 0.05) is 24.8 Å². The standard InChI is InChI=1S/C23H22N4O3/c1-14-3-10-20(30-14)23-24-17(12-19(28)16-6-7-16)13-22-25-21(26-27(22)23)11-15-4-8-18(29-2)9-5-15/h3-5,8-10,13,16H,6-7,11-12H2,1-2H3. The Morgan fingerprint density at radius 3 is 2.63 bits per heavy atom. The van der Waals surface area contributed by atoms with Gasteiger partial charge in [0.2, 0.25) is 0 Å². The smallest absolute Gasteiger partial charge is 0.199 e. The lowest BCUT2D eigenvalue weighted by Gasteiger charge is -2.05. The third-order valence-electron chi connectivity index (χ3n) is 5.29. The molecule has 3 aromatic heterocycles. The molecular formula is C23H22N4O3. The van der Waals surface area contributed by atoms with Gasteiger partial charge in [-0.2, -0.15) is 4.52 Å². The van der Waals surface area contributed by atoms with Crippen molar-refractivity contribution in [2.75, 3.05) is 7.11 Å². The first-order valence-corrected chi connectivity index (χ1v) is 10.1. The number of ether oxygens (including phenoxy) is 1. The molecule has 7 nitrogen and oxygen atoms in total. The minimum Gasteiger partial charge on any atom is -0.497 e. The summed E-state index contributed by atoms with van der Waals surface area (Å²) in [7, 11) is 1.65. The highest BCUT2D eigenvalue weighted by atomic mass is 16.5. The summed E-state index contributed by atoms with van der Waals surface area (Å²) in [5.41, 5.74) is 2.45. The average Bonchev–Trinajstić information content (AvgIpc) is 3.39. The van der Waals surface area contributed by atoms with Gasteiger partial charge in [0.05, 0.1) is 12.8 Å². The van der Waals surface area contributed by atoms with E-state index < -0.39 is 0 Å². The lowest BCUT2D eigenvalue weighted by molar-refractivity contribution is -0.119. The molecule has 1 aliphatic carbocycles. The maximum atomic E-state index is 12.3. The topological polar surface area (TPSA) is 82.5 Å². The molecule has 0 unspecified atom stereocenters. The highest BCUT2D eigenvalue weighted by Gasteiger charge is 2.30. The Kier molecular flexibility index (Phi) is 4.58. The van der Waals surface area contributed by atoms with Crippen LogP contribution >= 0.6 is 0 Å². The molecule has 0 atom stereocenters. The first-order valence-electron chi connectivity index (χ1n) is 10.1. The first-order chi connectivity index (χ1) is 14.6. The van der Waals surface area contributed by atoms with Crippen LogP contribution in [0, 0.1) is 12.8 Å². The second kappa shape index (κ2) is 7.40. The molecule has 1 aromatic carbocycles. The quantitative estimate of drug-likeness (QED) is 0.467. The summed E-state index contributed by atoms with van der Waals surface area (Å²) in [4.78, 5) is 21.8. The lowest BCUT2D eigenvalue weighted by Crippen LogP contribution is -2.09. The van der Waals surface area contributed by atoms with Crippen molar-refractivity contribution in [2.24, 2.45) is 5.92 Å². The van der Waals surface area contributed by atoms with Crippen LogP contribution in [0.2, 0.25) is 0 Å². The zero-order valence-electron chi connectivity index (χ0n) is 17.0. The molecular weight excluding hydrogens is 380 g/mol. The Balaban J connectivity index is 1.53. The number of benzene rings is 1. The number of hydrogen-bond acceptors (Lipinski definition) is 6. The molecule has 4 aromatic rings. The maximum Gasteiger partial charge on any atom is 0.199 e. The summed E-state index contributed by atoms with van der Waals surface area (Å²) in [6.07, 6.45) is 2.87. The van der Waals surface area contributed by atoms with E-state index in [-0.39, 0.29) is 11.7 Å². The van der Waals surface area contributed by atoms with Crippen LogP contribution in [0.1, 0.15) is 35.7 Å². The van der Waals surface area contributed by atoms with Gasteiger partial charge in [0.1, 0.15) is 17.3 Å². The molecule has 1 fully saturated rings. The van der Waals surface area contributed by atoms with E-state index in [1.165, 1.54) is 0 Å². The maximum absolute atomic E-state index is 12.3. The summed E-state index contributed by atoms with van der Waals surface area (Å²) in [5, 5.41) is 4.67. The molecule has 3 heterocycles. The van der Waals surface area contributed by atoms with Gasteiger partial charge in [0.25, 0.3) is 0 Å². The SMILES string of the molecule is COc1ccc(Cc2nc3cc(CC(=O)C4CC4)nc(-c4ccc(C)o4)n3n2)cc1. The predicted octanol–water partition coefficient (Wildman–Crippen LogP) is 3.81. The van der Waals surface area contributed by atoms with Crippen molar-refractivity contribution in [1.29, 1.82) is 0 Å². The molecule has 0 spiro atoms. The van der Waals surface area contributed by atoms with E-state index in [0.29, 0.717) is 41.6 Å². The Labute approximate surface area is 173 Å². The number of ketones is 1. The summed E-state index contributed by atoms with van der Waals surface area (Å²) in [5.74, 6) is 3.89. The number of hydrogen-bond donors (Lipinski definition) is 0. The van der Waals surface area contributed by atoms with Crippen LogP contribution in [0.5, 0.6) is 5.75 Å². The summed E-state index contributed by atoms with van der Waals surface area (Å²) in [6, 6.07) is 13.5. The second-order valence-corrected chi connectivity index (χ2v) is 7.72. The van der Waals surface area contributed by atoms with Crippen LogP contribution in [0.25, 0.3) is 17.2 Å². The van der Waals surface area contributed by atoms with Crippen LogP contribution in [0.4, 0.5) is 0 Å². The van der Waals surface area contributed by atoms with E-state index in [1.807, 2.05) is 49.4 Å². The molecule has 0 amide bonds. The predicted molar refractivity (Wildman–Crippen MR) is 110 cm³/mol. The molecule has 5 rings (SSSR count). The Morgan fingerprint density at radius 1 is 1.17 bits per heavy atom. The van der Waals surface area contributed by atoms with E-state index >= 15 is 0 Å². The van der Waals surface area contributed by atoms with Gasteiger partial charge in [-0.05, 0) is 49.6 Å². The van der Waals surface area contributed by atoms with Crippen molar-refractivity contribution in [1.82, 2.24) is 19.6 Å². The molecule has 0 saturated heterocycles. The van der Waals surface area contributed by atoms with Crippen molar-refractivity contribution >= 4 is 11.4 Å². The molecule has 7 heteroatoms. The minimum absolute atomic E-state index is 0.195. The first kappa shape index (κ1) is 18.5. The van der Waals surface area contributed by atoms with Crippen molar-refractivity contribution < 1.29 is 13.9 Å². The monoisotopic (exact) mass is 402 g/mol. The highest BCUT2D eigenvalue weighted by molar-refractivity contribution is 5.85. The molecule has 0 N–H and O–H groups in total. The molecule has 152 valence electrons. The number of fused-ring (bicyclic) bond motifs is 1. The fourth-order valence-corrected chi connectivity index (χ4v) is 3.52. The van der Waals surface area contributed by atoms with Crippen molar-refractivity contribution in [3.05, 3.63) is 65.3 Å². The second-order valence-electron chi connectivity index (χ2n) is 7.72. The van der Waals surface area contributed by atoms with Gasteiger partial charge in [-0.25, -0.2) is 9.97 Å². The number of carbonyl (C=O) groups excluding carboxylic acids is 1. The number of Topliss-reactive ketones (excluding diaryl/α,β-unsaturated/α-hetero) is 1. The normalized spacial score (nSPS) is 13.7. The number of furan rings is 1. The van der Waals surface area contributed by atoms with E-state index in [0.717, 1.165) is 29.9 Å². The van der Waals surface area contributed by atoms with Crippen LogP contribution in [-0.4, -0.2) is 32.5 Å². The van der Waals surface area contributed by atoms with Crippen LogP contribution in [0.3, 0.4) is 0 Å². The number of aromatic nitrogens is 4. The lowest BCUT2D eigenvalue weighted by atomic mass is 10.1. The number of carbonyl (C=O) groups is 1. The van der Waals surface area contributed by atoms with E-state index in [4.69, 9.17) is 19.1 Å². The summed E-state index contributed by atoms with van der Waals surface area (Å²) in [6.45, 7) is 1.89. The number of aryl methyl sites for hydroxylation is 1. The van der Waals surface area contributed by atoms with Crippen LogP contribution in [0.15, 0.2) is 46.9 Å². The van der Waals surface area contributed by atoms with E-state index in [1.54, 1.807) is 11.6 Å². The molecule has 0 aliphatic heterocycles. The molecule has 1 aliphatic rings. The fourth-order valence-electron chi connectivity index (χ4n) is 3.52. The van der Waals surface area contributed by atoms with E-state index in [2.05, 4.69) is 5.10 Å². The molecule has 0 radical (unpaired) electrons. The summed E-state index contributed by atoms with van der Waals surface area (Å²) < 4.78 is 12.7. The fraction of sp³-hybridized carbons (Fsp3) is 0.304. The van der Waals surface area contributed by atoms with Gasteiger partial charge in [-0.15, -0.1) is 5.10 Å². The Hall–Kier alpha value is -3.48. The Bertz CT molecular complexity index is 1220.